The molecule has 13 heavy (non-hydrogen) atoms. The highest BCUT2D eigenvalue weighted by molar-refractivity contribution is 5.55. The molecule has 0 saturated heterocycles. The average molecular weight is 174 g/mol. The summed E-state index contributed by atoms with van der Waals surface area (Å²) in [4.78, 5) is 4.01. The Kier molecular flexibility index (Phi) is 2.08. The van der Waals surface area contributed by atoms with E-state index in [4.69, 9.17) is 4.52 Å². The average Bonchev–Trinajstić information content (AvgIpc) is 2.67. The molecule has 0 N–H and O–H groups in total. The highest BCUT2D eigenvalue weighted by Gasteiger charge is 2.04. The second-order valence-electron chi connectivity index (χ2n) is 2.78. The molecule has 0 spiro atoms. The van der Waals surface area contributed by atoms with Crippen LogP contribution in [0.25, 0.3) is 11.3 Å². The Bertz CT molecular complexity index is 381. The molecule has 0 amide bonds. The van der Waals surface area contributed by atoms with Crippen molar-refractivity contribution in [3.05, 3.63) is 36.3 Å². The molecule has 0 aliphatic rings. The molecule has 0 unspecified atom stereocenters. The van der Waals surface area contributed by atoms with E-state index in [1.54, 1.807) is 12.4 Å². The number of hydrogen-bond acceptors (Lipinski definition) is 3. The van der Waals surface area contributed by atoms with Gasteiger partial charge in [0.25, 0.3) is 0 Å². The van der Waals surface area contributed by atoms with E-state index in [0.717, 1.165) is 23.4 Å². The van der Waals surface area contributed by atoms with E-state index in [1.165, 1.54) is 0 Å². The standard InChI is InChI=1S/C10H10N2O/c1-2-9-6-10(13-12-9)8-4-3-5-11-7-8/h3-7H,2H2,1H3. The zero-order valence-electron chi connectivity index (χ0n) is 7.40. The topological polar surface area (TPSA) is 38.9 Å². The lowest BCUT2D eigenvalue weighted by Crippen LogP contribution is -1.75. The number of aromatic nitrogens is 2. The van der Waals surface area contributed by atoms with Gasteiger partial charge in [-0.1, -0.05) is 12.1 Å². The Hall–Kier alpha value is -1.64. The molecule has 0 bridgehead atoms. The third kappa shape index (κ3) is 1.59. The fourth-order valence-corrected chi connectivity index (χ4v) is 1.12. The maximum atomic E-state index is 5.15. The van der Waals surface area contributed by atoms with Crippen molar-refractivity contribution in [1.82, 2.24) is 10.1 Å². The third-order valence-corrected chi connectivity index (χ3v) is 1.87. The van der Waals surface area contributed by atoms with Crippen LogP contribution >= 0.6 is 0 Å². The van der Waals surface area contributed by atoms with Crippen molar-refractivity contribution in [3.8, 4) is 11.3 Å². The molecule has 0 atom stereocenters. The fourth-order valence-electron chi connectivity index (χ4n) is 1.12. The van der Waals surface area contributed by atoms with Gasteiger partial charge < -0.3 is 4.52 Å². The first kappa shape index (κ1) is 7.98. The molecule has 2 aromatic rings. The highest BCUT2D eigenvalue weighted by atomic mass is 16.5. The molecule has 0 aromatic carbocycles. The Morgan fingerprint density at radius 3 is 3.00 bits per heavy atom. The second kappa shape index (κ2) is 3.39. The summed E-state index contributed by atoms with van der Waals surface area (Å²) >= 11 is 0. The Balaban J connectivity index is 2.36. The van der Waals surface area contributed by atoms with Crippen LogP contribution in [0.2, 0.25) is 0 Å². The van der Waals surface area contributed by atoms with Crippen molar-refractivity contribution in [2.45, 2.75) is 13.3 Å². The lowest BCUT2D eigenvalue weighted by molar-refractivity contribution is 0.424. The van der Waals surface area contributed by atoms with Gasteiger partial charge in [0.1, 0.15) is 0 Å². The minimum atomic E-state index is 0.782. The highest BCUT2D eigenvalue weighted by Crippen LogP contribution is 2.18. The summed E-state index contributed by atoms with van der Waals surface area (Å²) in [5, 5.41) is 3.91. The van der Waals surface area contributed by atoms with Gasteiger partial charge in [-0.25, -0.2) is 0 Å². The van der Waals surface area contributed by atoms with Crippen molar-refractivity contribution in [2.75, 3.05) is 0 Å². The predicted octanol–water partition coefficient (Wildman–Crippen LogP) is 2.30. The van der Waals surface area contributed by atoms with Crippen LogP contribution in [0.15, 0.2) is 35.1 Å². The van der Waals surface area contributed by atoms with Crippen LogP contribution < -0.4 is 0 Å². The molecule has 0 radical (unpaired) electrons. The summed E-state index contributed by atoms with van der Waals surface area (Å²) in [5.74, 6) is 0.782. The monoisotopic (exact) mass is 174 g/mol. The number of rotatable bonds is 2. The molecular weight excluding hydrogens is 164 g/mol. The van der Waals surface area contributed by atoms with E-state index in [1.807, 2.05) is 25.1 Å². The molecule has 0 aliphatic carbocycles. The first-order chi connectivity index (χ1) is 6.40. The van der Waals surface area contributed by atoms with Crippen molar-refractivity contribution < 1.29 is 4.52 Å². The quantitative estimate of drug-likeness (QED) is 0.701. The zero-order valence-corrected chi connectivity index (χ0v) is 7.40. The zero-order chi connectivity index (χ0) is 9.10. The first-order valence-corrected chi connectivity index (χ1v) is 4.26. The lowest BCUT2D eigenvalue weighted by atomic mass is 10.2. The third-order valence-electron chi connectivity index (χ3n) is 1.87. The normalized spacial score (nSPS) is 10.2. The summed E-state index contributed by atoms with van der Waals surface area (Å²) in [6, 6.07) is 5.77. The van der Waals surface area contributed by atoms with Gasteiger partial charge in [-0.3, -0.25) is 4.98 Å². The van der Waals surface area contributed by atoms with E-state index in [-0.39, 0.29) is 0 Å². The summed E-state index contributed by atoms with van der Waals surface area (Å²) in [5.41, 5.74) is 1.94. The Morgan fingerprint density at radius 2 is 2.38 bits per heavy atom. The van der Waals surface area contributed by atoms with Crippen LogP contribution in [0.3, 0.4) is 0 Å². The van der Waals surface area contributed by atoms with Crippen molar-refractivity contribution in [3.63, 3.8) is 0 Å². The molecule has 2 heterocycles. The Labute approximate surface area is 76.4 Å². The van der Waals surface area contributed by atoms with Gasteiger partial charge in [-0.2, -0.15) is 0 Å². The second-order valence-corrected chi connectivity index (χ2v) is 2.78. The predicted molar refractivity (Wildman–Crippen MR) is 49.1 cm³/mol. The van der Waals surface area contributed by atoms with E-state index in [2.05, 4.69) is 10.1 Å². The summed E-state index contributed by atoms with van der Waals surface area (Å²) in [6.45, 7) is 2.05. The summed E-state index contributed by atoms with van der Waals surface area (Å²) in [7, 11) is 0. The van der Waals surface area contributed by atoms with Crippen LogP contribution in [0.1, 0.15) is 12.6 Å². The number of hydrogen-bond donors (Lipinski definition) is 0. The van der Waals surface area contributed by atoms with E-state index in [0.29, 0.717) is 0 Å². The molecule has 0 aliphatic heterocycles. The van der Waals surface area contributed by atoms with E-state index < -0.39 is 0 Å². The molecule has 3 nitrogen and oxygen atoms in total. The van der Waals surface area contributed by atoms with Gasteiger partial charge in [0.15, 0.2) is 5.76 Å². The SMILES string of the molecule is CCc1cc(-c2cccnc2)on1. The molecule has 3 heteroatoms. The van der Waals surface area contributed by atoms with E-state index >= 15 is 0 Å². The fraction of sp³-hybridized carbons (Fsp3) is 0.200. The summed E-state index contributed by atoms with van der Waals surface area (Å²) in [6.07, 6.45) is 4.39. The first-order valence-electron chi connectivity index (χ1n) is 4.26. The van der Waals surface area contributed by atoms with Gasteiger partial charge in [0, 0.05) is 24.0 Å². The van der Waals surface area contributed by atoms with Crippen LogP contribution in [-0.4, -0.2) is 10.1 Å². The maximum absolute atomic E-state index is 5.15. The van der Waals surface area contributed by atoms with Gasteiger partial charge >= 0.3 is 0 Å². The Morgan fingerprint density at radius 1 is 1.46 bits per heavy atom. The smallest absolute Gasteiger partial charge is 0.168 e. The number of pyridine rings is 1. The molecule has 0 saturated carbocycles. The largest absolute Gasteiger partial charge is 0.356 e. The van der Waals surface area contributed by atoms with Crippen LogP contribution in [0.4, 0.5) is 0 Å². The van der Waals surface area contributed by atoms with Gasteiger partial charge in [0.2, 0.25) is 0 Å². The molecular formula is C10H10N2O. The van der Waals surface area contributed by atoms with Crippen LogP contribution in [-0.2, 0) is 6.42 Å². The number of nitrogens with zero attached hydrogens (tertiary/aromatic N) is 2. The molecule has 0 fully saturated rings. The van der Waals surface area contributed by atoms with Crippen molar-refractivity contribution in [1.29, 1.82) is 0 Å². The summed E-state index contributed by atoms with van der Waals surface area (Å²) < 4.78 is 5.15. The maximum Gasteiger partial charge on any atom is 0.168 e. The minimum absolute atomic E-state index is 0.782. The molecule has 66 valence electrons. The van der Waals surface area contributed by atoms with Gasteiger partial charge in [-0.05, 0) is 18.6 Å². The van der Waals surface area contributed by atoms with E-state index in [9.17, 15) is 0 Å². The lowest BCUT2D eigenvalue weighted by Gasteiger charge is -1.90. The minimum Gasteiger partial charge on any atom is -0.356 e. The molecule has 2 rings (SSSR count). The van der Waals surface area contributed by atoms with Crippen LogP contribution in [0, 0.1) is 0 Å². The van der Waals surface area contributed by atoms with Crippen molar-refractivity contribution >= 4 is 0 Å². The van der Waals surface area contributed by atoms with Gasteiger partial charge in [0.05, 0.1) is 5.69 Å². The van der Waals surface area contributed by atoms with Crippen LogP contribution in [0.5, 0.6) is 0 Å². The number of aryl methyl sites for hydroxylation is 1. The van der Waals surface area contributed by atoms with Crippen molar-refractivity contribution in [2.24, 2.45) is 0 Å². The molecule has 2 aromatic heterocycles. The van der Waals surface area contributed by atoms with Gasteiger partial charge in [-0.15, -0.1) is 0 Å².